The molecule has 0 aromatic rings. The normalized spacial score (nSPS) is 13.1. The van der Waals surface area contributed by atoms with Gasteiger partial charge in [0.25, 0.3) is 0 Å². The van der Waals surface area contributed by atoms with E-state index >= 15 is 0 Å². The molecule has 0 aliphatic heterocycles. The molecule has 0 radical (unpaired) electrons. The average Bonchev–Trinajstić information content (AvgIpc) is 1.98. The van der Waals surface area contributed by atoms with Gasteiger partial charge in [0.15, 0.2) is 0 Å². The molecule has 0 aromatic carbocycles. The standard InChI is InChI=1S/C8H16O2/c1-3-4-5-7(2)8(10)6-9/h8-10H,2-6H2,1H3/t8-/m0/s1. The van der Waals surface area contributed by atoms with E-state index in [-0.39, 0.29) is 6.61 Å². The number of unbranched alkanes of at least 4 members (excludes halogenated alkanes) is 1. The third-order valence-corrected chi connectivity index (χ3v) is 1.50. The average molecular weight is 144 g/mol. The Bertz CT molecular complexity index is 99.4. The Balaban J connectivity index is 3.42. The van der Waals surface area contributed by atoms with Crippen LogP contribution in [0.2, 0.25) is 0 Å². The number of aliphatic hydroxyl groups excluding tert-OH is 2. The fraction of sp³-hybridized carbons (Fsp3) is 0.750. The van der Waals surface area contributed by atoms with Crippen molar-refractivity contribution in [3.8, 4) is 0 Å². The summed E-state index contributed by atoms with van der Waals surface area (Å²) in [6, 6.07) is 0. The van der Waals surface area contributed by atoms with Gasteiger partial charge in [-0.25, -0.2) is 0 Å². The Morgan fingerprint density at radius 3 is 2.60 bits per heavy atom. The first-order valence-electron chi connectivity index (χ1n) is 3.69. The van der Waals surface area contributed by atoms with Gasteiger partial charge in [-0.05, 0) is 18.4 Å². The zero-order chi connectivity index (χ0) is 7.98. The maximum Gasteiger partial charge on any atom is 0.0978 e. The summed E-state index contributed by atoms with van der Waals surface area (Å²) in [5.74, 6) is 0. The van der Waals surface area contributed by atoms with Crippen LogP contribution >= 0.6 is 0 Å². The molecule has 0 spiro atoms. The molecule has 0 unspecified atom stereocenters. The van der Waals surface area contributed by atoms with Gasteiger partial charge in [0.1, 0.15) is 0 Å². The lowest BCUT2D eigenvalue weighted by Gasteiger charge is -2.09. The van der Waals surface area contributed by atoms with Crippen molar-refractivity contribution in [1.29, 1.82) is 0 Å². The lowest BCUT2D eigenvalue weighted by molar-refractivity contribution is 0.120. The summed E-state index contributed by atoms with van der Waals surface area (Å²) in [6.07, 6.45) is 2.23. The Morgan fingerprint density at radius 1 is 1.60 bits per heavy atom. The highest BCUT2D eigenvalue weighted by Gasteiger charge is 2.04. The van der Waals surface area contributed by atoms with E-state index in [0.29, 0.717) is 0 Å². The molecule has 10 heavy (non-hydrogen) atoms. The molecule has 2 N–H and O–H groups in total. The molecule has 2 nitrogen and oxygen atoms in total. The number of rotatable bonds is 5. The first-order valence-corrected chi connectivity index (χ1v) is 3.69. The van der Waals surface area contributed by atoms with Crippen LogP contribution in [0.25, 0.3) is 0 Å². The van der Waals surface area contributed by atoms with Crippen molar-refractivity contribution in [2.45, 2.75) is 32.3 Å². The second-order valence-corrected chi connectivity index (χ2v) is 2.46. The van der Waals surface area contributed by atoms with Crippen molar-refractivity contribution >= 4 is 0 Å². The van der Waals surface area contributed by atoms with Crippen LogP contribution < -0.4 is 0 Å². The van der Waals surface area contributed by atoms with Gasteiger partial charge < -0.3 is 10.2 Å². The fourth-order valence-electron chi connectivity index (χ4n) is 0.700. The predicted molar refractivity (Wildman–Crippen MR) is 41.8 cm³/mol. The summed E-state index contributed by atoms with van der Waals surface area (Å²) < 4.78 is 0. The van der Waals surface area contributed by atoms with Gasteiger partial charge in [0.2, 0.25) is 0 Å². The van der Waals surface area contributed by atoms with Crippen LogP contribution in [0.4, 0.5) is 0 Å². The summed E-state index contributed by atoms with van der Waals surface area (Å²) in [4.78, 5) is 0. The van der Waals surface area contributed by atoms with Gasteiger partial charge in [-0.2, -0.15) is 0 Å². The minimum Gasteiger partial charge on any atom is -0.393 e. The van der Waals surface area contributed by atoms with Crippen LogP contribution in [0.15, 0.2) is 12.2 Å². The summed E-state index contributed by atoms with van der Waals surface area (Å²) >= 11 is 0. The van der Waals surface area contributed by atoms with Gasteiger partial charge in [0.05, 0.1) is 12.7 Å². The van der Waals surface area contributed by atoms with Gasteiger partial charge in [-0.1, -0.05) is 19.9 Å². The van der Waals surface area contributed by atoms with Crippen molar-refractivity contribution in [2.75, 3.05) is 6.61 Å². The quantitative estimate of drug-likeness (QED) is 0.567. The SMILES string of the molecule is C=C(CCCC)[C@@H](O)CO. The molecule has 0 aliphatic rings. The molecule has 0 fully saturated rings. The monoisotopic (exact) mass is 144 g/mol. The second-order valence-electron chi connectivity index (χ2n) is 2.46. The molecular weight excluding hydrogens is 128 g/mol. The molecule has 0 aromatic heterocycles. The highest BCUT2D eigenvalue weighted by Crippen LogP contribution is 2.08. The smallest absolute Gasteiger partial charge is 0.0978 e. The van der Waals surface area contributed by atoms with E-state index in [1.807, 2.05) is 0 Å². The van der Waals surface area contributed by atoms with E-state index < -0.39 is 6.10 Å². The second kappa shape index (κ2) is 5.45. The van der Waals surface area contributed by atoms with Crippen LogP contribution in [0, 0.1) is 0 Å². The molecule has 60 valence electrons. The largest absolute Gasteiger partial charge is 0.393 e. The van der Waals surface area contributed by atoms with E-state index in [0.717, 1.165) is 24.8 Å². The molecule has 0 heterocycles. The van der Waals surface area contributed by atoms with Crippen LogP contribution in [-0.4, -0.2) is 22.9 Å². The lowest BCUT2D eigenvalue weighted by Crippen LogP contribution is -2.14. The summed E-state index contributed by atoms with van der Waals surface area (Å²) in [7, 11) is 0. The third-order valence-electron chi connectivity index (χ3n) is 1.50. The van der Waals surface area contributed by atoms with Crippen molar-refractivity contribution in [2.24, 2.45) is 0 Å². The summed E-state index contributed by atoms with van der Waals surface area (Å²) in [6.45, 7) is 5.53. The van der Waals surface area contributed by atoms with Crippen molar-refractivity contribution in [1.82, 2.24) is 0 Å². The van der Waals surface area contributed by atoms with E-state index in [1.54, 1.807) is 0 Å². The first kappa shape index (κ1) is 9.66. The van der Waals surface area contributed by atoms with Crippen molar-refractivity contribution < 1.29 is 10.2 Å². The van der Waals surface area contributed by atoms with Crippen molar-refractivity contribution in [3.05, 3.63) is 12.2 Å². The van der Waals surface area contributed by atoms with E-state index in [9.17, 15) is 0 Å². The summed E-state index contributed by atoms with van der Waals surface area (Å²) in [5, 5.41) is 17.5. The fourth-order valence-corrected chi connectivity index (χ4v) is 0.700. The molecule has 0 saturated carbocycles. The Kier molecular flexibility index (Phi) is 5.26. The predicted octanol–water partition coefficient (Wildman–Crippen LogP) is 1.09. The van der Waals surface area contributed by atoms with Crippen LogP contribution in [0.1, 0.15) is 26.2 Å². The summed E-state index contributed by atoms with van der Waals surface area (Å²) in [5.41, 5.74) is 0.740. The molecule has 0 aliphatic carbocycles. The van der Waals surface area contributed by atoms with Crippen LogP contribution in [0.3, 0.4) is 0 Å². The van der Waals surface area contributed by atoms with E-state index in [2.05, 4.69) is 13.5 Å². The van der Waals surface area contributed by atoms with Gasteiger partial charge in [0, 0.05) is 0 Å². The molecule has 0 amide bonds. The Hall–Kier alpha value is -0.340. The first-order chi connectivity index (χ1) is 4.72. The molecule has 0 rings (SSSR count). The molecular formula is C8H16O2. The maximum atomic E-state index is 9.00. The minimum absolute atomic E-state index is 0.206. The molecule has 1 atom stereocenters. The number of hydrogen-bond acceptors (Lipinski definition) is 2. The Morgan fingerprint density at radius 2 is 2.20 bits per heavy atom. The number of aliphatic hydroxyl groups is 2. The van der Waals surface area contributed by atoms with E-state index in [1.165, 1.54) is 0 Å². The molecule has 0 bridgehead atoms. The topological polar surface area (TPSA) is 40.5 Å². The highest BCUT2D eigenvalue weighted by molar-refractivity contribution is 5.00. The zero-order valence-electron chi connectivity index (χ0n) is 6.51. The third kappa shape index (κ3) is 3.64. The Labute approximate surface area is 62.2 Å². The van der Waals surface area contributed by atoms with Gasteiger partial charge >= 0.3 is 0 Å². The zero-order valence-corrected chi connectivity index (χ0v) is 6.51. The molecule has 0 saturated heterocycles. The molecule has 2 heteroatoms. The van der Waals surface area contributed by atoms with Gasteiger partial charge in [-0.3, -0.25) is 0 Å². The van der Waals surface area contributed by atoms with Gasteiger partial charge in [-0.15, -0.1) is 0 Å². The highest BCUT2D eigenvalue weighted by atomic mass is 16.3. The minimum atomic E-state index is -0.716. The van der Waals surface area contributed by atoms with E-state index in [4.69, 9.17) is 10.2 Å². The number of hydrogen-bond donors (Lipinski definition) is 2. The van der Waals surface area contributed by atoms with Crippen molar-refractivity contribution in [3.63, 3.8) is 0 Å². The van der Waals surface area contributed by atoms with Crippen LogP contribution in [0.5, 0.6) is 0 Å². The van der Waals surface area contributed by atoms with Crippen LogP contribution in [-0.2, 0) is 0 Å². The lowest BCUT2D eigenvalue weighted by atomic mass is 10.1. The maximum absolute atomic E-state index is 9.00.